The van der Waals surface area contributed by atoms with Gasteiger partial charge in [0, 0.05) is 12.0 Å². The third-order valence-electron chi connectivity index (χ3n) is 3.87. The topological polar surface area (TPSA) is 75.3 Å². The minimum absolute atomic E-state index is 0.0216. The van der Waals surface area contributed by atoms with Gasteiger partial charge >= 0.3 is 6.03 Å². The van der Waals surface area contributed by atoms with Crippen molar-refractivity contribution in [3.63, 3.8) is 0 Å². The fraction of sp³-hybridized carbons (Fsp3) is 0.316. The van der Waals surface area contributed by atoms with Crippen molar-refractivity contribution in [1.82, 2.24) is 5.32 Å². The van der Waals surface area contributed by atoms with E-state index in [1.165, 1.54) is 0 Å². The van der Waals surface area contributed by atoms with E-state index in [9.17, 15) is 9.90 Å². The molecule has 0 heterocycles. The Bertz CT molecular complexity index is 624. The third kappa shape index (κ3) is 4.74. The van der Waals surface area contributed by atoms with Gasteiger partial charge in [0.05, 0.1) is 0 Å². The van der Waals surface area contributed by atoms with Crippen LogP contribution < -0.4 is 11.1 Å². The average molecular weight is 312 g/mol. The van der Waals surface area contributed by atoms with Gasteiger partial charge in [-0.25, -0.2) is 4.79 Å². The molecule has 122 valence electrons. The number of primary amides is 1. The maximum atomic E-state index is 11.5. The van der Waals surface area contributed by atoms with Crippen molar-refractivity contribution in [2.75, 3.05) is 0 Å². The monoisotopic (exact) mass is 312 g/mol. The average Bonchev–Trinajstić information content (AvgIpc) is 2.49. The summed E-state index contributed by atoms with van der Waals surface area (Å²) >= 11 is 0. The molecule has 0 saturated carbocycles. The van der Waals surface area contributed by atoms with Crippen LogP contribution in [0.5, 0.6) is 5.75 Å². The van der Waals surface area contributed by atoms with Crippen molar-refractivity contribution < 1.29 is 9.90 Å². The van der Waals surface area contributed by atoms with Gasteiger partial charge in [-0.2, -0.15) is 0 Å². The molecule has 0 bridgehead atoms. The maximum Gasteiger partial charge on any atom is 0.312 e. The molecule has 23 heavy (non-hydrogen) atoms. The fourth-order valence-electron chi connectivity index (χ4n) is 2.97. The smallest absolute Gasteiger partial charge is 0.312 e. The highest BCUT2D eigenvalue weighted by atomic mass is 16.3. The second-order valence-corrected chi connectivity index (χ2v) is 6.22. The molecule has 2 atom stereocenters. The molecule has 0 aromatic heterocycles. The molecule has 0 fully saturated rings. The molecular formula is C19H24N2O2. The highest BCUT2D eigenvalue weighted by Gasteiger charge is 2.26. The molecule has 0 aliphatic heterocycles. The molecule has 0 unspecified atom stereocenters. The summed E-state index contributed by atoms with van der Waals surface area (Å²) in [5, 5.41) is 12.4. The zero-order valence-electron chi connectivity index (χ0n) is 13.6. The van der Waals surface area contributed by atoms with Gasteiger partial charge in [-0.3, -0.25) is 0 Å². The minimum Gasteiger partial charge on any atom is -0.508 e. The first-order valence-corrected chi connectivity index (χ1v) is 7.87. The van der Waals surface area contributed by atoms with E-state index in [0.29, 0.717) is 5.92 Å². The van der Waals surface area contributed by atoms with E-state index in [4.69, 9.17) is 5.73 Å². The predicted molar refractivity (Wildman–Crippen MR) is 92.4 cm³/mol. The summed E-state index contributed by atoms with van der Waals surface area (Å²) < 4.78 is 0. The molecule has 0 radical (unpaired) electrons. The standard InChI is InChI=1S/C19H24N2O2/c1-13(2)12-17(21-19(20)23)18(14-6-4-3-5-7-14)15-8-10-16(22)11-9-15/h3-11,13,17-18,22H,12H2,1-2H3,(H3,20,21,23)/t17-,18-/m0/s1. The van der Waals surface area contributed by atoms with Gasteiger partial charge in [-0.15, -0.1) is 0 Å². The summed E-state index contributed by atoms with van der Waals surface area (Å²) in [5.74, 6) is 0.616. The molecular weight excluding hydrogens is 288 g/mol. The van der Waals surface area contributed by atoms with Gasteiger partial charge in [-0.1, -0.05) is 56.3 Å². The van der Waals surface area contributed by atoms with Gasteiger partial charge in [-0.05, 0) is 35.6 Å². The molecule has 0 aliphatic carbocycles. The Labute approximate surface area is 137 Å². The second-order valence-electron chi connectivity index (χ2n) is 6.22. The highest BCUT2D eigenvalue weighted by Crippen LogP contribution is 2.32. The summed E-state index contributed by atoms with van der Waals surface area (Å²) in [5.41, 5.74) is 7.54. The molecule has 4 nitrogen and oxygen atoms in total. The van der Waals surface area contributed by atoms with E-state index < -0.39 is 6.03 Å². The minimum atomic E-state index is -0.518. The van der Waals surface area contributed by atoms with Gasteiger partial charge < -0.3 is 16.2 Å². The van der Waals surface area contributed by atoms with Crippen molar-refractivity contribution in [3.8, 4) is 5.75 Å². The van der Waals surface area contributed by atoms with Crippen LogP contribution in [0, 0.1) is 5.92 Å². The number of urea groups is 1. The molecule has 4 N–H and O–H groups in total. The molecule has 0 saturated heterocycles. The Hall–Kier alpha value is -2.49. The van der Waals surface area contributed by atoms with Crippen molar-refractivity contribution in [2.45, 2.75) is 32.2 Å². The number of aromatic hydroxyl groups is 1. The largest absolute Gasteiger partial charge is 0.508 e. The molecule has 2 aromatic rings. The van der Waals surface area contributed by atoms with E-state index in [-0.39, 0.29) is 17.7 Å². The maximum absolute atomic E-state index is 11.5. The van der Waals surface area contributed by atoms with Crippen molar-refractivity contribution in [1.29, 1.82) is 0 Å². The van der Waals surface area contributed by atoms with Crippen LogP contribution in [0.2, 0.25) is 0 Å². The number of rotatable bonds is 6. The lowest BCUT2D eigenvalue weighted by atomic mass is 9.81. The predicted octanol–water partition coefficient (Wildman–Crippen LogP) is 3.61. The SMILES string of the molecule is CC(C)C[C@H](NC(N)=O)[C@@H](c1ccccc1)c1ccc(O)cc1. The second kappa shape index (κ2) is 7.68. The van der Waals surface area contributed by atoms with Crippen molar-refractivity contribution >= 4 is 6.03 Å². The Kier molecular flexibility index (Phi) is 5.63. The Morgan fingerprint density at radius 2 is 1.61 bits per heavy atom. The van der Waals surface area contributed by atoms with Gasteiger partial charge in [0.25, 0.3) is 0 Å². The molecule has 2 amide bonds. The summed E-state index contributed by atoms with van der Waals surface area (Å²) in [7, 11) is 0. The number of benzene rings is 2. The van der Waals surface area contributed by atoms with E-state index in [0.717, 1.165) is 17.5 Å². The number of phenols is 1. The number of amides is 2. The van der Waals surface area contributed by atoms with Crippen LogP contribution >= 0.6 is 0 Å². The number of hydrogen-bond acceptors (Lipinski definition) is 2. The summed E-state index contributed by atoms with van der Waals surface area (Å²) in [4.78, 5) is 11.5. The normalized spacial score (nSPS) is 13.5. The van der Waals surface area contributed by atoms with E-state index in [2.05, 4.69) is 19.2 Å². The Morgan fingerprint density at radius 1 is 1.04 bits per heavy atom. The molecule has 0 aliphatic rings. The van der Waals surface area contributed by atoms with Gasteiger partial charge in [0.2, 0.25) is 0 Å². The van der Waals surface area contributed by atoms with Crippen LogP contribution in [-0.2, 0) is 0 Å². The number of nitrogens with one attached hydrogen (secondary N) is 1. The van der Waals surface area contributed by atoms with Crippen LogP contribution in [0.1, 0.15) is 37.3 Å². The first-order chi connectivity index (χ1) is 11.0. The van der Waals surface area contributed by atoms with Gasteiger partial charge in [0.15, 0.2) is 0 Å². The lowest BCUT2D eigenvalue weighted by Gasteiger charge is -2.30. The highest BCUT2D eigenvalue weighted by molar-refractivity contribution is 5.72. The number of carbonyl (C=O) groups is 1. The number of phenolic OH excluding ortho intramolecular Hbond substituents is 1. The van der Waals surface area contributed by atoms with Crippen LogP contribution in [0.15, 0.2) is 54.6 Å². The summed E-state index contributed by atoms with van der Waals surface area (Å²) in [6, 6.07) is 16.5. The third-order valence-corrected chi connectivity index (χ3v) is 3.87. The van der Waals surface area contributed by atoms with E-state index >= 15 is 0 Å². The van der Waals surface area contributed by atoms with Gasteiger partial charge in [0.1, 0.15) is 5.75 Å². The fourth-order valence-corrected chi connectivity index (χ4v) is 2.97. The molecule has 2 rings (SSSR count). The zero-order valence-corrected chi connectivity index (χ0v) is 13.6. The summed E-state index contributed by atoms with van der Waals surface area (Å²) in [6.45, 7) is 4.24. The van der Waals surface area contributed by atoms with E-state index in [1.807, 2.05) is 42.5 Å². The number of hydrogen-bond donors (Lipinski definition) is 3. The molecule has 2 aromatic carbocycles. The first kappa shape index (κ1) is 16.9. The quantitative estimate of drug-likeness (QED) is 0.762. The van der Waals surface area contributed by atoms with Crippen molar-refractivity contribution in [3.05, 3.63) is 65.7 Å². The zero-order chi connectivity index (χ0) is 16.8. The molecule has 4 heteroatoms. The van der Waals surface area contributed by atoms with Crippen LogP contribution in [0.25, 0.3) is 0 Å². The van der Waals surface area contributed by atoms with Crippen LogP contribution in [0.3, 0.4) is 0 Å². The Morgan fingerprint density at radius 3 is 2.13 bits per heavy atom. The summed E-state index contributed by atoms with van der Waals surface area (Å²) in [6.07, 6.45) is 0.809. The lowest BCUT2D eigenvalue weighted by Crippen LogP contribution is -2.43. The van der Waals surface area contributed by atoms with Crippen molar-refractivity contribution in [2.24, 2.45) is 11.7 Å². The Balaban J connectivity index is 2.45. The van der Waals surface area contributed by atoms with Crippen LogP contribution in [-0.4, -0.2) is 17.2 Å². The van der Waals surface area contributed by atoms with E-state index in [1.54, 1.807) is 12.1 Å². The molecule has 0 spiro atoms. The lowest BCUT2D eigenvalue weighted by molar-refractivity contribution is 0.241. The first-order valence-electron chi connectivity index (χ1n) is 7.87. The van der Waals surface area contributed by atoms with Crippen LogP contribution in [0.4, 0.5) is 4.79 Å². The number of carbonyl (C=O) groups excluding carboxylic acids is 1. The number of nitrogens with two attached hydrogens (primary N) is 1.